The molecule has 10 heteroatoms. The molecule has 1 heterocycles. The van der Waals surface area contributed by atoms with Gasteiger partial charge in [-0.3, -0.25) is 4.79 Å². The Hall–Kier alpha value is -1.81. The molecule has 1 aliphatic carbocycles. The van der Waals surface area contributed by atoms with E-state index in [4.69, 9.17) is 4.74 Å². The molecule has 3 unspecified atom stereocenters. The molecule has 0 radical (unpaired) electrons. The minimum Gasteiger partial charge on any atom is -0.378 e. The molecule has 2 aliphatic rings. The first-order valence-corrected chi connectivity index (χ1v) is 11.8. The van der Waals surface area contributed by atoms with Crippen molar-refractivity contribution in [2.24, 2.45) is 11.8 Å². The summed E-state index contributed by atoms with van der Waals surface area (Å²) in [6, 6.07) is 1.86. The maximum Gasteiger partial charge on any atom is 0.416 e. The van der Waals surface area contributed by atoms with Crippen LogP contribution in [0.3, 0.4) is 0 Å². The molecule has 3 rings (SSSR count). The fourth-order valence-electron chi connectivity index (χ4n) is 5.20. The van der Waals surface area contributed by atoms with Gasteiger partial charge in [-0.25, -0.2) is 0 Å². The van der Waals surface area contributed by atoms with E-state index in [1.165, 1.54) is 0 Å². The third kappa shape index (κ3) is 7.10. The van der Waals surface area contributed by atoms with E-state index in [1.807, 2.05) is 13.8 Å². The monoisotopic (exact) mass is 494 g/mol. The molecular weight excluding hydrogens is 462 g/mol. The van der Waals surface area contributed by atoms with Crippen LogP contribution in [0.25, 0.3) is 0 Å². The Kier molecular flexibility index (Phi) is 8.55. The van der Waals surface area contributed by atoms with Gasteiger partial charge in [-0.15, -0.1) is 0 Å². The van der Waals surface area contributed by atoms with Gasteiger partial charge in [0.05, 0.1) is 17.2 Å². The van der Waals surface area contributed by atoms with Crippen LogP contribution in [0.2, 0.25) is 0 Å². The molecule has 2 fully saturated rings. The largest absolute Gasteiger partial charge is 0.416 e. The molecule has 34 heavy (non-hydrogen) atoms. The molecule has 4 nitrogen and oxygen atoms in total. The predicted octanol–water partition coefficient (Wildman–Crippen LogP) is 5.69. The Bertz CT molecular complexity index is 809. The van der Waals surface area contributed by atoms with Crippen molar-refractivity contribution >= 4 is 5.91 Å². The summed E-state index contributed by atoms with van der Waals surface area (Å²) in [6.45, 7) is 4.34. The lowest BCUT2D eigenvalue weighted by molar-refractivity contribution is -0.143. The highest BCUT2D eigenvalue weighted by molar-refractivity contribution is 5.79. The zero-order chi connectivity index (χ0) is 25.1. The first-order valence-electron chi connectivity index (χ1n) is 11.8. The lowest BCUT2D eigenvalue weighted by Crippen LogP contribution is -2.43. The highest BCUT2D eigenvalue weighted by Gasteiger charge is 2.40. The lowest BCUT2D eigenvalue weighted by Gasteiger charge is -2.30. The molecule has 2 N–H and O–H groups in total. The van der Waals surface area contributed by atoms with E-state index >= 15 is 0 Å². The van der Waals surface area contributed by atoms with E-state index in [0.717, 1.165) is 32.1 Å². The van der Waals surface area contributed by atoms with E-state index in [0.29, 0.717) is 31.2 Å². The number of amides is 1. The van der Waals surface area contributed by atoms with Crippen molar-refractivity contribution in [1.82, 2.24) is 10.6 Å². The maximum atomic E-state index is 13.1. The molecule has 1 saturated heterocycles. The van der Waals surface area contributed by atoms with Gasteiger partial charge >= 0.3 is 12.4 Å². The molecular formula is C24H32F6N2O2. The summed E-state index contributed by atoms with van der Waals surface area (Å²) in [5.74, 6) is -0.538. The number of rotatable bonds is 7. The summed E-state index contributed by atoms with van der Waals surface area (Å²) in [5.41, 5.74) is -3.00. The number of carbonyl (C=O) groups is 1. The molecule has 1 saturated carbocycles. The van der Waals surface area contributed by atoms with Crippen molar-refractivity contribution in [3.63, 3.8) is 0 Å². The number of hydrogen-bond acceptors (Lipinski definition) is 3. The third-order valence-electron chi connectivity index (χ3n) is 6.76. The zero-order valence-corrected chi connectivity index (χ0v) is 19.4. The van der Waals surface area contributed by atoms with Crippen LogP contribution >= 0.6 is 0 Å². The van der Waals surface area contributed by atoms with Gasteiger partial charge in [-0.2, -0.15) is 26.3 Å². The number of ether oxygens (including phenoxy) is 1. The van der Waals surface area contributed by atoms with Crippen LogP contribution in [0.5, 0.6) is 0 Å². The van der Waals surface area contributed by atoms with Gasteiger partial charge in [-0.05, 0) is 68.7 Å². The lowest BCUT2D eigenvalue weighted by atomic mass is 9.91. The predicted molar refractivity (Wildman–Crippen MR) is 115 cm³/mol. The van der Waals surface area contributed by atoms with Crippen molar-refractivity contribution in [2.45, 2.75) is 89.5 Å². The average Bonchev–Trinajstić information content (AvgIpc) is 3.13. The van der Waals surface area contributed by atoms with Crippen LogP contribution < -0.4 is 10.6 Å². The second kappa shape index (κ2) is 10.8. The van der Waals surface area contributed by atoms with Crippen molar-refractivity contribution in [3.05, 3.63) is 34.9 Å². The number of hydrogen-bond donors (Lipinski definition) is 2. The normalized spacial score (nSPS) is 28.2. The first-order chi connectivity index (χ1) is 15.9. The standard InChI is InChI=1S/C24H32F6N2O2/c1-3-4-16-10-20(32-19-5-6-34-14(2)7-19)12-21(16)22(33)31-13-15-8-17(23(25,26)27)11-18(9-15)24(28,29)30/h8-9,11,14,16,19-21,32H,3-7,10,12-13H2,1-2H3,(H,31,33)/t14?,16?,19?,20-,21-/m1/s1. The van der Waals surface area contributed by atoms with Gasteiger partial charge in [0, 0.05) is 31.2 Å². The summed E-state index contributed by atoms with van der Waals surface area (Å²) in [4.78, 5) is 13.0. The molecule has 0 aromatic heterocycles. The molecule has 192 valence electrons. The van der Waals surface area contributed by atoms with Gasteiger partial charge < -0.3 is 15.4 Å². The highest BCUT2D eigenvalue weighted by Crippen LogP contribution is 2.38. The number of benzene rings is 1. The van der Waals surface area contributed by atoms with Crippen LogP contribution in [-0.4, -0.2) is 30.7 Å². The van der Waals surface area contributed by atoms with Crippen LogP contribution in [0.4, 0.5) is 26.3 Å². The summed E-state index contributed by atoms with van der Waals surface area (Å²) in [6.07, 6.45) is -4.74. The smallest absolute Gasteiger partial charge is 0.378 e. The van der Waals surface area contributed by atoms with E-state index < -0.39 is 30.0 Å². The molecule has 0 spiro atoms. The van der Waals surface area contributed by atoms with E-state index in [9.17, 15) is 31.1 Å². The topological polar surface area (TPSA) is 50.4 Å². The highest BCUT2D eigenvalue weighted by atomic mass is 19.4. The van der Waals surface area contributed by atoms with Gasteiger partial charge in [-0.1, -0.05) is 13.3 Å². The molecule has 0 bridgehead atoms. The maximum absolute atomic E-state index is 13.1. The number of alkyl halides is 6. The van der Waals surface area contributed by atoms with E-state index in [-0.39, 0.29) is 41.5 Å². The van der Waals surface area contributed by atoms with Gasteiger partial charge in [0.2, 0.25) is 5.91 Å². The molecule has 1 aliphatic heterocycles. The zero-order valence-electron chi connectivity index (χ0n) is 19.4. The van der Waals surface area contributed by atoms with Crippen molar-refractivity contribution in [2.75, 3.05) is 6.61 Å². The van der Waals surface area contributed by atoms with Crippen molar-refractivity contribution in [3.8, 4) is 0 Å². The second-order valence-corrected chi connectivity index (χ2v) is 9.52. The Morgan fingerprint density at radius 1 is 1.00 bits per heavy atom. The minimum absolute atomic E-state index is 0.0903. The summed E-state index contributed by atoms with van der Waals surface area (Å²) in [5, 5.41) is 6.23. The first kappa shape index (κ1) is 26.8. The third-order valence-corrected chi connectivity index (χ3v) is 6.76. The van der Waals surface area contributed by atoms with Gasteiger partial charge in [0.1, 0.15) is 0 Å². The molecule has 1 aromatic carbocycles. The van der Waals surface area contributed by atoms with Gasteiger partial charge in [0.25, 0.3) is 0 Å². The van der Waals surface area contributed by atoms with Crippen LogP contribution in [0.15, 0.2) is 18.2 Å². The average molecular weight is 495 g/mol. The van der Waals surface area contributed by atoms with Crippen molar-refractivity contribution in [1.29, 1.82) is 0 Å². The Morgan fingerprint density at radius 2 is 1.65 bits per heavy atom. The number of nitrogens with one attached hydrogen (secondary N) is 2. The van der Waals surface area contributed by atoms with Crippen LogP contribution in [-0.2, 0) is 28.4 Å². The Morgan fingerprint density at radius 3 is 2.21 bits per heavy atom. The Labute approximate surface area is 195 Å². The minimum atomic E-state index is -4.92. The fraction of sp³-hybridized carbons (Fsp3) is 0.708. The Balaban J connectivity index is 1.66. The molecule has 1 amide bonds. The molecule has 1 aromatic rings. The fourth-order valence-corrected chi connectivity index (χ4v) is 5.20. The number of halogens is 6. The SMILES string of the molecule is CCCC1C[C@@H](NC2CCOC(C)C2)C[C@H]1C(=O)NCc1cc(C(F)(F)F)cc(C(F)(F)F)c1. The second-order valence-electron chi connectivity index (χ2n) is 9.52. The van der Waals surface area contributed by atoms with Crippen molar-refractivity contribution < 1.29 is 35.9 Å². The number of carbonyl (C=O) groups excluding carboxylic acids is 1. The summed E-state index contributed by atoms with van der Waals surface area (Å²) < 4.78 is 84.2. The van der Waals surface area contributed by atoms with E-state index in [1.54, 1.807) is 0 Å². The van der Waals surface area contributed by atoms with E-state index in [2.05, 4.69) is 10.6 Å². The summed E-state index contributed by atoms with van der Waals surface area (Å²) >= 11 is 0. The molecule has 5 atom stereocenters. The van der Waals surface area contributed by atoms with Crippen LogP contribution in [0, 0.1) is 11.8 Å². The van der Waals surface area contributed by atoms with Gasteiger partial charge in [0.15, 0.2) is 0 Å². The van der Waals surface area contributed by atoms with Crippen LogP contribution in [0.1, 0.15) is 69.1 Å². The summed E-state index contributed by atoms with van der Waals surface area (Å²) in [7, 11) is 0. The quantitative estimate of drug-likeness (QED) is 0.479.